The maximum atomic E-state index is 12.9. The molecule has 0 spiro atoms. The smallest absolute Gasteiger partial charge is 0.278 e. The maximum Gasteiger partial charge on any atom is 0.278 e. The fourth-order valence-electron chi connectivity index (χ4n) is 3.39. The van der Waals surface area contributed by atoms with Crippen molar-refractivity contribution >= 4 is 28.8 Å². The van der Waals surface area contributed by atoms with Crippen LogP contribution in [0, 0.1) is 0 Å². The normalized spacial score (nSPS) is 13.0. The van der Waals surface area contributed by atoms with Gasteiger partial charge in [-0.1, -0.05) is 18.2 Å². The minimum atomic E-state index is -0.110. The van der Waals surface area contributed by atoms with Crippen molar-refractivity contribution in [3.8, 4) is 0 Å². The second-order valence-corrected chi connectivity index (χ2v) is 7.06. The van der Waals surface area contributed by atoms with Crippen molar-refractivity contribution < 1.29 is 4.79 Å². The summed E-state index contributed by atoms with van der Waals surface area (Å²) in [6.07, 6.45) is 1.96. The molecular weight excluding hydrogens is 350 g/mol. The lowest BCUT2D eigenvalue weighted by atomic mass is 10.0. The molecule has 6 heteroatoms. The zero-order valence-electron chi connectivity index (χ0n) is 16.1. The third-order valence-corrected chi connectivity index (χ3v) is 4.90. The predicted octanol–water partition coefficient (Wildman–Crippen LogP) is 3.88. The van der Waals surface area contributed by atoms with Crippen molar-refractivity contribution in [2.75, 3.05) is 35.8 Å². The monoisotopic (exact) mass is 373 g/mol. The SMILES string of the molecule is CN(C)c1ccc(Nc2ccc(C(=O)N3CCCc4ccccc43)nn2)cc1. The van der Waals surface area contributed by atoms with E-state index in [1.54, 1.807) is 17.0 Å². The van der Waals surface area contributed by atoms with Crippen LogP contribution >= 0.6 is 0 Å². The fraction of sp³-hybridized carbons (Fsp3) is 0.227. The lowest BCUT2D eigenvalue weighted by Gasteiger charge is -2.29. The highest BCUT2D eigenvalue weighted by atomic mass is 16.2. The van der Waals surface area contributed by atoms with E-state index < -0.39 is 0 Å². The van der Waals surface area contributed by atoms with Gasteiger partial charge in [0.05, 0.1) is 0 Å². The van der Waals surface area contributed by atoms with Gasteiger partial charge in [0.1, 0.15) is 0 Å². The van der Waals surface area contributed by atoms with Crippen LogP contribution in [0.4, 0.5) is 22.9 Å². The van der Waals surface area contributed by atoms with Crippen LogP contribution in [0.15, 0.2) is 60.7 Å². The van der Waals surface area contributed by atoms with Crippen LogP contribution in [0.3, 0.4) is 0 Å². The van der Waals surface area contributed by atoms with Gasteiger partial charge < -0.3 is 15.1 Å². The molecule has 142 valence electrons. The topological polar surface area (TPSA) is 61.4 Å². The van der Waals surface area contributed by atoms with Crippen molar-refractivity contribution in [3.05, 3.63) is 71.9 Å². The lowest BCUT2D eigenvalue weighted by Crippen LogP contribution is -2.36. The largest absolute Gasteiger partial charge is 0.378 e. The number of nitrogens with zero attached hydrogens (tertiary/aromatic N) is 4. The molecule has 1 aliphatic rings. The van der Waals surface area contributed by atoms with E-state index >= 15 is 0 Å². The molecule has 1 N–H and O–H groups in total. The minimum absolute atomic E-state index is 0.110. The third-order valence-electron chi connectivity index (χ3n) is 4.90. The van der Waals surface area contributed by atoms with E-state index in [1.165, 1.54) is 5.56 Å². The molecule has 6 nitrogen and oxygen atoms in total. The number of amides is 1. The van der Waals surface area contributed by atoms with Gasteiger partial charge in [-0.2, -0.15) is 0 Å². The van der Waals surface area contributed by atoms with Gasteiger partial charge in [-0.3, -0.25) is 4.79 Å². The quantitative estimate of drug-likeness (QED) is 0.752. The first-order valence-electron chi connectivity index (χ1n) is 9.40. The lowest BCUT2D eigenvalue weighted by molar-refractivity contribution is 0.0979. The van der Waals surface area contributed by atoms with Crippen molar-refractivity contribution in [1.29, 1.82) is 0 Å². The molecule has 0 fully saturated rings. The number of aromatic nitrogens is 2. The number of benzene rings is 2. The number of para-hydroxylation sites is 1. The summed E-state index contributed by atoms with van der Waals surface area (Å²) < 4.78 is 0. The highest BCUT2D eigenvalue weighted by Crippen LogP contribution is 2.28. The van der Waals surface area contributed by atoms with Gasteiger partial charge in [-0.25, -0.2) is 0 Å². The molecule has 0 saturated heterocycles. The van der Waals surface area contributed by atoms with Gasteiger partial charge in [-0.05, 0) is 60.9 Å². The number of carbonyl (C=O) groups is 1. The summed E-state index contributed by atoms with van der Waals surface area (Å²) in [6, 6.07) is 19.6. The number of hydrogen-bond acceptors (Lipinski definition) is 5. The zero-order chi connectivity index (χ0) is 19.5. The number of rotatable bonds is 4. The molecule has 2 heterocycles. The van der Waals surface area contributed by atoms with Gasteiger partial charge in [0.25, 0.3) is 5.91 Å². The van der Waals surface area contributed by atoms with E-state index in [9.17, 15) is 4.79 Å². The number of fused-ring (bicyclic) bond motifs is 1. The molecule has 1 aliphatic heterocycles. The summed E-state index contributed by atoms with van der Waals surface area (Å²) in [5.41, 5.74) is 4.58. The Bertz CT molecular complexity index is 967. The molecule has 3 aromatic rings. The summed E-state index contributed by atoms with van der Waals surface area (Å²) in [6.45, 7) is 0.704. The Morgan fingerprint density at radius 2 is 1.79 bits per heavy atom. The van der Waals surface area contributed by atoms with E-state index in [2.05, 4.69) is 21.6 Å². The molecule has 0 aliphatic carbocycles. The van der Waals surface area contributed by atoms with Crippen molar-refractivity contribution in [1.82, 2.24) is 10.2 Å². The first-order valence-corrected chi connectivity index (χ1v) is 9.40. The standard InChI is InChI=1S/C22H23N5O/c1-26(2)18-11-9-17(10-12-18)23-21-14-13-19(24-25-21)22(28)27-15-5-7-16-6-3-4-8-20(16)27/h3-4,6,8-14H,5,7,15H2,1-2H3,(H,23,25). The summed E-state index contributed by atoms with van der Waals surface area (Å²) >= 11 is 0. The molecule has 0 radical (unpaired) electrons. The molecule has 4 rings (SSSR count). The van der Waals surface area contributed by atoms with E-state index in [-0.39, 0.29) is 5.91 Å². The Morgan fingerprint density at radius 3 is 2.50 bits per heavy atom. The number of aryl methyl sites for hydroxylation is 1. The van der Waals surface area contributed by atoms with Crippen LogP contribution in [0.1, 0.15) is 22.5 Å². The first-order chi connectivity index (χ1) is 13.6. The van der Waals surface area contributed by atoms with Gasteiger partial charge in [-0.15, -0.1) is 10.2 Å². The molecular formula is C22H23N5O. The Labute approximate surface area is 164 Å². The summed E-state index contributed by atoms with van der Waals surface area (Å²) in [7, 11) is 4.01. The highest BCUT2D eigenvalue weighted by molar-refractivity contribution is 6.05. The van der Waals surface area contributed by atoms with Crippen molar-refractivity contribution in [2.45, 2.75) is 12.8 Å². The van der Waals surface area contributed by atoms with Gasteiger partial charge in [0.2, 0.25) is 0 Å². The number of carbonyl (C=O) groups excluding carboxylic acids is 1. The molecule has 2 aromatic carbocycles. The number of nitrogens with one attached hydrogen (secondary N) is 1. The van der Waals surface area contributed by atoms with Crippen LogP contribution in [-0.2, 0) is 6.42 Å². The zero-order valence-corrected chi connectivity index (χ0v) is 16.1. The molecule has 0 bridgehead atoms. The minimum Gasteiger partial charge on any atom is -0.378 e. The molecule has 1 aromatic heterocycles. The second-order valence-electron chi connectivity index (χ2n) is 7.06. The van der Waals surface area contributed by atoms with Crippen LogP contribution in [0.2, 0.25) is 0 Å². The Balaban J connectivity index is 1.48. The number of hydrogen-bond donors (Lipinski definition) is 1. The predicted molar refractivity (Wildman–Crippen MR) is 113 cm³/mol. The van der Waals surface area contributed by atoms with Crippen LogP contribution < -0.4 is 15.1 Å². The van der Waals surface area contributed by atoms with Crippen LogP contribution in [0.5, 0.6) is 0 Å². The van der Waals surface area contributed by atoms with Crippen molar-refractivity contribution in [2.24, 2.45) is 0 Å². The summed E-state index contributed by atoms with van der Waals surface area (Å²) in [5, 5.41) is 11.6. The Kier molecular flexibility index (Phi) is 4.93. The average molecular weight is 373 g/mol. The van der Waals surface area contributed by atoms with E-state index in [1.807, 2.05) is 61.5 Å². The fourth-order valence-corrected chi connectivity index (χ4v) is 3.39. The third kappa shape index (κ3) is 3.67. The molecule has 0 atom stereocenters. The summed E-state index contributed by atoms with van der Waals surface area (Å²) in [5.74, 6) is 0.495. The van der Waals surface area contributed by atoms with Crippen LogP contribution in [0.25, 0.3) is 0 Å². The van der Waals surface area contributed by atoms with E-state index in [0.717, 1.165) is 29.9 Å². The average Bonchev–Trinajstić information content (AvgIpc) is 2.74. The first kappa shape index (κ1) is 18.0. The van der Waals surface area contributed by atoms with Gasteiger partial charge >= 0.3 is 0 Å². The van der Waals surface area contributed by atoms with E-state index in [4.69, 9.17) is 0 Å². The van der Waals surface area contributed by atoms with E-state index in [0.29, 0.717) is 18.1 Å². The van der Waals surface area contributed by atoms with Crippen LogP contribution in [-0.4, -0.2) is 36.7 Å². The number of anilines is 4. The highest BCUT2D eigenvalue weighted by Gasteiger charge is 2.24. The molecule has 1 amide bonds. The Hall–Kier alpha value is -3.41. The molecule has 0 saturated carbocycles. The Morgan fingerprint density at radius 1 is 1.00 bits per heavy atom. The van der Waals surface area contributed by atoms with Crippen molar-refractivity contribution in [3.63, 3.8) is 0 Å². The van der Waals surface area contributed by atoms with Gasteiger partial charge in [0.15, 0.2) is 11.5 Å². The summed E-state index contributed by atoms with van der Waals surface area (Å²) in [4.78, 5) is 16.8. The van der Waals surface area contributed by atoms with Gasteiger partial charge in [0, 0.05) is 37.7 Å². The molecule has 28 heavy (non-hydrogen) atoms. The maximum absolute atomic E-state index is 12.9. The molecule has 0 unspecified atom stereocenters. The second kappa shape index (κ2) is 7.68.